The van der Waals surface area contributed by atoms with Crippen molar-refractivity contribution in [1.82, 2.24) is 4.90 Å². The number of carbonyl (C=O) groups excluding carboxylic acids is 2. The quantitative estimate of drug-likeness (QED) is 0.688. The van der Waals surface area contributed by atoms with Gasteiger partial charge in [-0.1, -0.05) is 26.8 Å². The average Bonchev–Trinajstić information content (AvgIpc) is 3.19. The molecule has 2 amide bonds. The number of nitrogens with zero attached hydrogens (tertiary/aromatic N) is 2. The first-order chi connectivity index (χ1) is 13.2. The molecule has 1 aromatic heterocycles. The van der Waals surface area contributed by atoms with E-state index in [1.165, 1.54) is 11.3 Å². The van der Waals surface area contributed by atoms with Crippen LogP contribution in [0.15, 0.2) is 35.7 Å². The van der Waals surface area contributed by atoms with E-state index < -0.39 is 0 Å². The van der Waals surface area contributed by atoms with Gasteiger partial charge in [0.05, 0.1) is 4.88 Å². The molecule has 1 unspecified atom stereocenters. The molecule has 2 rings (SSSR count). The smallest absolute Gasteiger partial charge is 0.265 e. The highest BCUT2D eigenvalue weighted by Crippen LogP contribution is 2.27. The highest BCUT2D eigenvalue weighted by atomic mass is 32.1. The van der Waals surface area contributed by atoms with Crippen LogP contribution in [0.1, 0.15) is 49.4 Å². The summed E-state index contributed by atoms with van der Waals surface area (Å²) in [7, 11) is 3.97. The average molecular weight is 402 g/mol. The van der Waals surface area contributed by atoms with Crippen LogP contribution in [0.5, 0.6) is 0 Å². The highest BCUT2D eigenvalue weighted by Gasteiger charge is 2.23. The van der Waals surface area contributed by atoms with Crippen molar-refractivity contribution in [2.75, 3.05) is 24.3 Å². The minimum atomic E-state index is -0.115. The Labute approximate surface area is 172 Å². The fraction of sp³-hybridized carbons (Fsp3) is 0.455. The van der Waals surface area contributed by atoms with Crippen LogP contribution in [0.25, 0.3) is 0 Å². The first-order valence-corrected chi connectivity index (χ1v) is 10.6. The van der Waals surface area contributed by atoms with E-state index in [0.29, 0.717) is 11.4 Å². The number of nitrogens with one attached hydrogen (secondary N) is 1. The number of hydrogen-bond donors (Lipinski definition) is 1. The van der Waals surface area contributed by atoms with E-state index in [2.05, 4.69) is 19.2 Å². The van der Waals surface area contributed by atoms with Crippen molar-refractivity contribution in [3.8, 4) is 0 Å². The van der Waals surface area contributed by atoms with Crippen LogP contribution in [-0.2, 0) is 11.3 Å². The lowest BCUT2D eigenvalue weighted by atomic mass is 10.1. The monoisotopic (exact) mass is 401 g/mol. The van der Waals surface area contributed by atoms with E-state index >= 15 is 0 Å². The van der Waals surface area contributed by atoms with E-state index in [-0.39, 0.29) is 23.8 Å². The summed E-state index contributed by atoms with van der Waals surface area (Å²) in [6.45, 7) is 8.56. The Kier molecular flexibility index (Phi) is 7.63. The molecule has 0 radical (unpaired) electrons. The SMILES string of the molecule is CCC(C)N(Cc1cc(NC(=O)c2cccs2)ccc1N(C)C)C(=O)C(C)C. The summed E-state index contributed by atoms with van der Waals surface area (Å²) in [5, 5.41) is 4.85. The fourth-order valence-corrected chi connectivity index (χ4v) is 3.63. The number of hydrogen-bond acceptors (Lipinski definition) is 4. The summed E-state index contributed by atoms with van der Waals surface area (Å²) in [5.74, 6) is -0.0267. The predicted molar refractivity (Wildman–Crippen MR) is 118 cm³/mol. The standard InChI is InChI=1S/C22H31N3O2S/c1-7-16(4)25(22(27)15(2)3)14-17-13-18(10-11-19(17)24(5)6)23-21(26)20-9-8-12-28-20/h8-13,15-16H,7,14H2,1-6H3,(H,23,26). The maximum absolute atomic E-state index is 12.8. The molecule has 0 fully saturated rings. The van der Waals surface area contributed by atoms with Gasteiger partial charge < -0.3 is 15.1 Å². The summed E-state index contributed by atoms with van der Waals surface area (Å²) < 4.78 is 0. The molecule has 1 aromatic carbocycles. The molecule has 0 spiro atoms. The topological polar surface area (TPSA) is 52.7 Å². The summed E-state index contributed by atoms with van der Waals surface area (Å²) in [4.78, 5) is 29.8. The van der Waals surface area contributed by atoms with Crippen molar-refractivity contribution in [1.29, 1.82) is 0 Å². The number of carbonyl (C=O) groups is 2. The Morgan fingerprint density at radius 2 is 1.86 bits per heavy atom. The van der Waals surface area contributed by atoms with Crippen LogP contribution in [0, 0.1) is 5.92 Å². The van der Waals surface area contributed by atoms with E-state index in [1.54, 1.807) is 6.07 Å². The molecule has 1 N–H and O–H groups in total. The third-order valence-corrected chi connectivity index (χ3v) is 5.67. The lowest BCUT2D eigenvalue weighted by molar-refractivity contribution is -0.137. The highest BCUT2D eigenvalue weighted by molar-refractivity contribution is 7.12. The summed E-state index contributed by atoms with van der Waals surface area (Å²) >= 11 is 1.41. The number of rotatable bonds is 8. The van der Waals surface area contributed by atoms with Crippen molar-refractivity contribution in [2.24, 2.45) is 5.92 Å². The second-order valence-electron chi connectivity index (χ2n) is 7.55. The van der Waals surface area contributed by atoms with Crippen LogP contribution in [0.2, 0.25) is 0 Å². The Morgan fingerprint density at radius 1 is 1.14 bits per heavy atom. The summed E-state index contributed by atoms with van der Waals surface area (Å²) in [5.41, 5.74) is 2.79. The van der Waals surface area contributed by atoms with Crippen molar-refractivity contribution in [3.05, 3.63) is 46.2 Å². The van der Waals surface area contributed by atoms with Crippen molar-refractivity contribution in [2.45, 2.75) is 46.7 Å². The summed E-state index contributed by atoms with van der Waals surface area (Å²) in [6.07, 6.45) is 0.893. The van der Waals surface area contributed by atoms with Crippen LogP contribution in [-0.4, -0.2) is 36.9 Å². The Bertz CT molecular complexity index is 800. The largest absolute Gasteiger partial charge is 0.377 e. The molecule has 0 aliphatic carbocycles. The summed E-state index contributed by atoms with van der Waals surface area (Å²) in [6, 6.07) is 9.69. The second-order valence-corrected chi connectivity index (χ2v) is 8.50. The molecule has 28 heavy (non-hydrogen) atoms. The van der Waals surface area contributed by atoms with Gasteiger partial charge in [0.25, 0.3) is 5.91 Å². The van der Waals surface area contributed by atoms with Gasteiger partial charge in [0, 0.05) is 44.0 Å². The maximum atomic E-state index is 12.8. The molecule has 0 aliphatic heterocycles. The van der Waals surface area contributed by atoms with E-state index in [9.17, 15) is 9.59 Å². The fourth-order valence-electron chi connectivity index (χ4n) is 3.01. The van der Waals surface area contributed by atoms with Crippen LogP contribution in [0.3, 0.4) is 0 Å². The van der Waals surface area contributed by atoms with Gasteiger partial charge in [-0.15, -0.1) is 11.3 Å². The molecule has 152 valence electrons. The van der Waals surface area contributed by atoms with Crippen LogP contribution in [0.4, 0.5) is 11.4 Å². The molecule has 0 bridgehead atoms. The van der Waals surface area contributed by atoms with E-state index in [1.807, 2.05) is 67.4 Å². The van der Waals surface area contributed by atoms with Gasteiger partial charge in [0.15, 0.2) is 0 Å². The van der Waals surface area contributed by atoms with Gasteiger partial charge in [-0.25, -0.2) is 0 Å². The van der Waals surface area contributed by atoms with Gasteiger partial charge in [0.2, 0.25) is 5.91 Å². The van der Waals surface area contributed by atoms with Crippen molar-refractivity contribution < 1.29 is 9.59 Å². The molecule has 2 aromatic rings. The molecule has 1 atom stereocenters. The number of amides is 2. The van der Waals surface area contributed by atoms with Gasteiger partial charge in [-0.2, -0.15) is 0 Å². The van der Waals surface area contributed by atoms with Crippen LogP contribution >= 0.6 is 11.3 Å². The third-order valence-electron chi connectivity index (χ3n) is 4.80. The van der Waals surface area contributed by atoms with Gasteiger partial charge in [0.1, 0.15) is 0 Å². The van der Waals surface area contributed by atoms with E-state index in [0.717, 1.165) is 23.4 Å². The Balaban J connectivity index is 2.33. The zero-order chi connectivity index (χ0) is 20.8. The zero-order valence-corrected chi connectivity index (χ0v) is 18.5. The molecule has 5 nitrogen and oxygen atoms in total. The Morgan fingerprint density at radius 3 is 2.39 bits per heavy atom. The second kappa shape index (κ2) is 9.73. The molecule has 0 aliphatic rings. The molecule has 1 heterocycles. The lowest BCUT2D eigenvalue weighted by Crippen LogP contribution is -2.40. The molecular formula is C22H31N3O2S. The first kappa shape index (κ1) is 22.0. The number of thiophene rings is 1. The molecule has 0 saturated carbocycles. The zero-order valence-electron chi connectivity index (χ0n) is 17.7. The minimum Gasteiger partial charge on any atom is -0.377 e. The molecule has 0 saturated heterocycles. The first-order valence-electron chi connectivity index (χ1n) is 9.70. The predicted octanol–water partition coefficient (Wildman–Crippen LogP) is 4.85. The normalized spacial score (nSPS) is 12.0. The van der Waals surface area contributed by atoms with Gasteiger partial charge in [-0.3, -0.25) is 9.59 Å². The van der Waals surface area contributed by atoms with Crippen LogP contribution < -0.4 is 10.2 Å². The molecule has 6 heteroatoms. The maximum Gasteiger partial charge on any atom is 0.265 e. The number of anilines is 2. The third kappa shape index (κ3) is 5.35. The number of benzene rings is 1. The lowest BCUT2D eigenvalue weighted by Gasteiger charge is -2.32. The van der Waals surface area contributed by atoms with Crippen molar-refractivity contribution in [3.63, 3.8) is 0 Å². The van der Waals surface area contributed by atoms with Gasteiger partial charge in [-0.05, 0) is 48.6 Å². The van der Waals surface area contributed by atoms with E-state index in [4.69, 9.17) is 0 Å². The minimum absolute atomic E-state index is 0.0569. The van der Waals surface area contributed by atoms with Gasteiger partial charge >= 0.3 is 0 Å². The van der Waals surface area contributed by atoms with Crippen molar-refractivity contribution >= 4 is 34.5 Å². The molecular weight excluding hydrogens is 370 g/mol. The Hall–Kier alpha value is -2.34.